The molecule has 3 amide bonds. The predicted molar refractivity (Wildman–Crippen MR) is 114 cm³/mol. The Morgan fingerprint density at radius 2 is 1.72 bits per heavy atom. The van der Waals surface area contributed by atoms with Crippen molar-refractivity contribution in [1.82, 2.24) is 9.80 Å². The van der Waals surface area contributed by atoms with Crippen molar-refractivity contribution in [2.75, 3.05) is 43.4 Å². The first-order valence-electron chi connectivity index (χ1n) is 10.7. The molecule has 194 valence electrons. The fraction of sp³-hybridized carbons (Fsp3) is 0.364. The van der Waals surface area contributed by atoms with Gasteiger partial charge in [-0.25, -0.2) is 18.3 Å². The number of rotatable bonds is 4. The van der Waals surface area contributed by atoms with Crippen molar-refractivity contribution < 1.29 is 45.4 Å². The molecule has 2 heterocycles. The maximum absolute atomic E-state index is 14.0. The highest BCUT2D eigenvalue weighted by atomic mass is 19.3. The van der Waals surface area contributed by atoms with Crippen molar-refractivity contribution in [2.24, 2.45) is 0 Å². The van der Waals surface area contributed by atoms with Gasteiger partial charge in [-0.3, -0.25) is 9.69 Å². The van der Waals surface area contributed by atoms with Gasteiger partial charge in [-0.05, 0) is 36.8 Å². The fourth-order valence-electron chi connectivity index (χ4n) is 3.80. The number of alkyl halides is 4. The minimum atomic E-state index is -4.50. The lowest BCUT2D eigenvalue weighted by Crippen LogP contribution is -2.41. The van der Waals surface area contributed by atoms with E-state index in [0.29, 0.717) is 19.0 Å². The predicted octanol–water partition coefficient (Wildman–Crippen LogP) is 4.15. The number of hydrogen-bond donors (Lipinski definition) is 2. The van der Waals surface area contributed by atoms with Crippen molar-refractivity contribution >= 4 is 23.3 Å². The van der Waals surface area contributed by atoms with Crippen LogP contribution in [0, 0.1) is 11.6 Å². The van der Waals surface area contributed by atoms with E-state index in [0.717, 1.165) is 30.3 Å². The van der Waals surface area contributed by atoms with Crippen LogP contribution in [0.15, 0.2) is 36.4 Å². The molecule has 0 bridgehead atoms. The Hall–Kier alpha value is -3.52. The quantitative estimate of drug-likeness (QED) is 0.595. The van der Waals surface area contributed by atoms with Gasteiger partial charge in [0.2, 0.25) is 5.91 Å². The van der Waals surface area contributed by atoms with E-state index in [1.165, 1.54) is 4.90 Å². The van der Waals surface area contributed by atoms with E-state index in [-0.39, 0.29) is 37.6 Å². The van der Waals surface area contributed by atoms with E-state index in [1.807, 2.05) is 0 Å². The molecule has 8 nitrogen and oxygen atoms in total. The van der Waals surface area contributed by atoms with Gasteiger partial charge in [0.05, 0.1) is 17.8 Å². The summed E-state index contributed by atoms with van der Waals surface area (Å²) in [6.45, 7) is 1.10. The van der Waals surface area contributed by atoms with E-state index in [2.05, 4.69) is 20.1 Å². The van der Waals surface area contributed by atoms with Gasteiger partial charge in [-0.2, -0.15) is 8.78 Å². The molecule has 0 spiro atoms. The van der Waals surface area contributed by atoms with Crippen LogP contribution in [0.5, 0.6) is 5.75 Å². The molecule has 2 aliphatic rings. The topological polar surface area (TPSA) is 83.1 Å². The lowest BCUT2D eigenvalue weighted by Gasteiger charge is -2.30. The number of carbonyl (C=O) groups is 2. The van der Waals surface area contributed by atoms with E-state index >= 15 is 0 Å². The summed E-state index contributed by atoms with van der Waals surface area (Å²) in [5.41, 5.74) is -1.21. The van der Waals surface area contributed by atoms with Crippen LogP contribution in [0.25, 0.3) is 0 Å². The highest BCUT2D eigenvalue weighted by molar-refractivity contribution is 5.92. The molecule has 0 radical (unpaired) electrons. The van der Waals surface area contributed by atoms with Crippen LogP contribution in [-0.2, 0) is 15.6 Å². The lowest BCUT2D eigenvalue weighted by atomic mass is 10.1. The molecule has 1 fully saturated rings. The first-order chi connectivity index (χ1) is 16.9. The molecule has 0 saturated carbocycles. The summed E-state index contributed by atoms with van der Waals surface area (Å²) in [5, 5.41) is 4.80. The Bertz CT molecular complexity index is 1170. The second-order valence-corrected chi connectivity index (χ2v) is 8.11. The number of benzene rings is 2. The Balaban J connectivity index is 1.32. The van der Waals surface area contributed by atoms with Crippen LogP contribution >= 0.6 is 0 Å². The third-order valence-electron chi connectivity index (χ3n) is 5.47. The van der Waals surface area contributed by atoms with Crippen LogP contribution in [0.4, 0.5) is 42.5 Å². The summed E-state index contributed by atoms with van der Waals surface area (Å²) in [6, 6.07) is 4.94. The van der Waals surface area contributed by atoms with Gasteiger partial charge >= 0.3 is 18.4 Å². The molecule has 0 aromatic heterocycles. The molecule has 36 heavy (non-hydrogen) atoms. The van der Waals surface area contributed by atoms with Gasteiger partial charge in [0.1, 0.15) is 17.4 Å². The number of nitrogens with zero attached hydrogens (tertiary/aromatic N) is 2. The molecular weight excluding hydrogens is 498 g/mol. The largest absolute Gasteiger partial charge is 0.540 e. The Morgan fingerprint density at radius 1 is 0.944 bits per heavy atom. The molecule has 1 saturated heterocycles. The molecule has 0 aliphatic carbocycles. The van der Waals surface area contributed by atoms with Gasteiger partial charge in [0.15, 0.2) is 0 Å². The first kappa shape index (κ1) is 25.6. The van der Waals surface area contributed by atoms with E-state index in [9.17, 15) is 35.9 Å². The van der Waals surface area contributed by atoms with Crippen LogP contribution in [-0.4, -0.2) is 60.8 Å². The van der Waals surface area contributed by atoms with Crippen molar-refractivity contribution in [3.8, 4) is 5.75 Å². The standard InChI is InChI=1S/C22H20F6N4O4/c23-13-2-4-17(16(24)10-13)30-19(33)12-31-6-1-7-32(9-8-31)20(34)29-14-3-5-18-15(11-14)21(25,26)36-22(27,28)35-18/h2-5,10-11H,1,6-9,12H2,(H,29,34)(H,30,33). The number of anilines is 2. The zero-order valence-electron chi connectivity index (χ0n) is 18.5. The van der Waals surface area contributed by atoms with Crippen LogP contribution < -0.4 is 15.4 Å². The lowest BCUT2D eigenvalue weighted by molar-refractivity contribution is -0.461. The molecule has 4 rings (SSSR count). The molecule has 2 aromatic carbocycles. The van der Waals surface area contributed by atoms with Crippen molar-refractivity contribution in [3.05, 3.63) is 53.6 Å². The summed E-state index contributed by atoms with van der Waals surface area (Å²) in [7, 11) is 0. The number of urea groups is 1. The molecule has 2 N–H and O–H groups in total. The van der Waals surface area contributed by atoms with Crippen molar-refractivity contribution in [1.29, 1.82) is 0 Å². The van der Waals surface area contributed by atoms with Gasteiger partial charge in [-0.15, -0.1) is 8.78 Å². The molecule has 14 heteroatoms. The Morgan fingerprint density at radius 3 is 2.47 bits per heavy atom. The monoisotopic (exact) mass is 518 g/mol. The number of carbonyl (C=O) groups excluding carboxylic acids is 2. The number of hydrogen-bond acceptors (Lipinski definition) is 5. The van der Waals surface area contributed by atoms with E-state index in [1.54, 1.807) is 4.90 Å². The summed E-state index contributed by atoms with van der Waals surface area (Å²) >= 11 is 0. The van der Waals surface area contributed by atoms with Crippen LogP contribution in [0.2, 0.25) is 0 Å². The SMILES string of the molecule is O=C(CN1CCCN(C(=O)Nc2ccc3c(c2)C(F)(F)OC(F)(F)O3)CC1)Nc1ccc(F)cc1F. The zero-order valence-corrected chi connectivity index (χ0v) is 18.5. The number of fused-ring (bicyclic) bond motifs is 1. The van der Waals surface area contributed by atoms with Crippen LogP contribution in [0.3, 0.4) is 0 Å². The minimum Gasteiger partial charge on any atom is -0.409 e. The minimum absolute atomic E-state index is 0.0855. The summed E-state index contributed by atoms with van der Waals surface area (Å²) in [6.07, 6.45) is -8.35. The molecule has 0 unspecified atom stereocenters. The third-order valence-corrected chi connectivity index (χ3v) is 5.47. The second kappa shape index (κ2) is 9.85. The molecule has 2 aromatic rings. The first-order valence-corrected chi connectivity index (χ1v) is 10.7. The Labute approximate surface area is 200 Å². The average molecular weight is 518 g/mol. The molecule has 2 aliphatic heterocycles. The summed E-state index contributed by atoms with van der Waals surface area (Å²) in [4.78, 5) is 28.1. The molecule has 0 atom stereocenters. The van der Waals surface area contributed by atoms with E-state index in [4.69, 9.17) is 0 Å². The highest BCUT2D eigenvalue weighted by Gasteiger charge is 2.54. The fourth-order valence-corrected chi connectivity index (χ4v) is 3.80. The maximum Gasteiger partial charge on any atom is 0.540 e. The summed E-state index contributed by atoms with van der Waals surface area (Å²) < 4.78 is 88.5. The third kappa shape index (κ3) is 5.99. The summed E-state index contributed by atoms with van der Waals surface area (Å²) in [5.74, 6) is -2.99. The number of amides is 3. The van der Waals surface area contributed by atoms with Gasteiger partial charge in [-0.1, -0.05) is 0 Å². The highest BCUT2D eigenvalue weighted by Crippen LogP contribution is 2.46. The number of ether oxygens (including phenoxy) is 2. The maximum atomic E-state index is 14.0. The van der Waals surface area contributed by atoms with E-state index < -0.39 is 47.3 Å². The number of halogens is 6. The van der Waals surface area contributed by atoms with Crippen molar-refractivity contribution in [2.45, 2.75) is 18.8 Å². The van der Waals surface area contributed by atoms with Gasteiger partial charge in [0, 0.05) is 37.9 Å². The van der Waals surface area contributed by atoms with Gasteiger partial charge < -0.3 is 20.3 Å². The van der Waals surface area contributed by atoms with Crippen molar-refractivity contribution in [3.63, 3.8) is 0 Å². The zero-order chi connectivity index (χ0) is 26.1. The smallest absolute Gasteiger partial charge is 0.409 e. The Kier molecular flexibility index (Phi) is 7.00. The molecular formula is C22H20F6N4O4. The van der Waals surface area contributed by atoms with Gasteiger partial charge in [0.25, 0.3) is 0 Å². The average Bonchev–Trinajstić information content (AvgIpc) is 3.00. The normalized spacial score (nSPS) is 19.0. The van der Waals surface area contributed by atoms with Crippen LogP contribution in [0.1, 0.15) is 12.0 Å². The second-order valence-electron chi connectivity index (χ2n) is 8.11. The number of nitrogens with one attached hydrogen (secondary N) is 2.